The van der Waals surface area contributed by atoms with Crippen molar-refractivity contribution in [3.63, 3.8) is 0 Å². The van der Waals surface area contributed by atoms with E-state index in [4.69, 9.17) is 9.98 Å². The molecular weight excluding hydrogens is 462 g/mol. The van der Waals surface area contributed by atoms with Gasteiger partial charge in [0.15, 0.2) is 11.1 Å². The molecule has 0 unspecified atom stereocenters. The molecule has 6 rings (SSSR count). The molecule has 3 aromatic rings. The minimum Gasteiger partial charge on any atom is -0.493 e. The third-order valence-corrected chi connectivity index (χ3v) is 7.19. The molecule has 3 heterocycles. The fraction of sp³-hybridized carbons (Fsp3) is 0.500. The number of fused-ring (bicyclic) bond motifs is 1. The molecule has 0 bridgehead atoms. The summed E-state index contributed by atoms with van der Waals surface area (Å²) in [6.07, 6.45) is 10.1. The number of hydrogen-bond acceptors (Lipinski definition) is 8. The van der Waals surface area contributed by atoms with E-state index in [-0.39, 0.29) is 35.6 Å². The average Bonchev–Trinajstić information content (AvgIpc) is 3.77. The van der Waals surface area contributed by atoms with Gasteiger partial charge in [-0.3, -0.25) is 14.8 Å². The zero-order valence-electron chi connectivity index (χ0n) is 19.6. The molecule has 36 heavy (non-hydrogen) atoms. The number of aromatic hydroxyl groups is 1. The summed E-state index contributed by atoms with van der Waals surface area (Å²) in [6.45, 7) is 0. The van der Waals surface area contributed by atoms with Crippen molar-refractivity contribution in [1.82, 2.24) is 29.9 Å². The zero-order valence-corrected chi connectivity index (χ0v) is 19.6. The van der Waals surface area contributed by atoms with E-state index < -0.39 is 11.1 Å². The Kier molecular flexibility index (Phi) is 5.28. The number of nitriles is 1. The summed E-state index contributed by atoms with van der Waals surface area (Å²) in [7, 11) is 0. The van der Waals surface area contributed by atoms with Crippen LogP contribution in [0.2, 0.25) is 0 Å². The zero-order chi connectivity index (χ0) is 24.9. The predicted molar refractivity (Wildman–Crippen MR) is 129 cm³/mol. The van der Waals surface area contributed by atoms with Crippen molar-refractivity contribution in [3.8, 4) is 11.9 Å². The number of anilines is 1. The van der Waals surface area contributed by atoms with Gasteiger partial charge in [0.1, 0.15) is 16.9 Å². The molecule has 0 radical (unpaired) electrons. The summed E-state index contributed by atoms with van der Waals surface area (Å²) in [6, 6.07) is 4.62. The number of rotatable bonds is 6. The van der Waals surface area contributed by atoms with Gasteiger partial charge in [0.2, 0.25) is 11.8 Å². The molecule has 3 fully saturated rings. The highest BCUT2D eigenvalue weighted by atomic mass is 16.3. The molecule has 1 amide bonds. The Morgan fingerprint density at radius 3 is 2.61 bits per heavy atom. The van der Waals surface area contributed by atoms with Gasteiger partial charge < -0.3 is 20.7 Å². The fourth-order valence-electron chi connectivity index (χ4n) is 4.70. The van der Waals surface area contributed by atoms with Gasteiger partial charge in [-0.15, -0.1) is 0 Å². The molecule has 5 N–H and O–H groups in total. The first-order valence-corrected chi connectivity index (χ1v) is 12.4. The number of carbonyl (C=O) groups is 1. The highest BCUT2D eigenvalue weighted by Crippen LogP contribution is 2.45. The standard InChI is InChI=1S/C24H27N9O3/c25-12-24(7-8-24)22(35)29-16-5-1-14(2-6-16)27-18-10-19(28-15-3-4-15)33-20(31-18)13(11-26-33)9-17-21(34)32-23(36)30-17/h9-11,14-16,27,34H,1-8H2,(H,29,35)(H2,30,32,36)/b13-9-,28-19?. The van der Waals surface area contributed by atoms with E-state index in [1.165, 1.54) is 0 Å². The number of nitrogens with one attached hydrogen (secondary N) is 4. The van der Waals surface area contributed by atoms with Gasteiger partial charge in [-0.1, -0.05) is 0 Å². The lowest BCUT2D eigenvalue weighted by atomic mass is 9.90. The summed E-state index contributed by atoms with van der Waals surface area (Å²) < 4.78 is 1.67. The van der Waals surface area contributed by atoms with Crippen molar-refractivity contribution < 1.29 is 9.90 Å². The van der Waals surface area contributed by atoms with Crippen molar-refractivity contribution in [3.05, 3.63) is 39.1 Å². The minimum absolute atomic E-state index is 0.0875. The number of carbonyl (C=O) groups excluding carboxylic acids is 1. The quantitative estimate of drug-likeness (QED) is 0.328. The highest BCUT2D eigenvalue weighted by molar-refractivity contribution is 5.88. The first kappa shape index (κ1) is 22.3. The number of H-pyrrole nitrogens is 2. The van der Waals surface area contributed by atoms with Crippen LogP contribution in [-0.4, -0.2) is 53.7 Å². The highest BCUT2D eigenvalue weighted by Gasteiger charge is 2.51. The first-order chi connectivity index (χ1) is 17.4. The lowest BCUT2D eigenvalue weighted by Crippen LogP contribution is -2.43. The second-order valence-corrected chi connectivity index (χ2v) is 10.0. The number of aromatic nitrogens is 5. The summed E-state index contributed by atoms with van der Waals surface area (Å²) in [4.78, 5) is 38.3. The Bertz CT molecular complexity index is 1540. The number of imidazole rings is 1. The molecule has 0 spiro atoms. The fourth-order valence-corrected chi connectivity index (χ4v) is 4.70. The summed E-state index contributed by atoms with van der Waals surface area (Å²) in [5, 5.41) is 30.9. The molecule has 3 aliphatic rings. The Morgan fingerprint density at radius 1 is 1.22 bits per heavy atom. The predicted octanol–water partition coefficient (Wildman–Crippen LogP) is 0.205. The van der Waals surface area contributed by atoms with Crippen LogP contribution in [0.25, 0.3) is 11.7 Å². The molecular formula is C24H27N9O3. The van der Waals surface area contributed by atoms with E-state index in [2.05, 4.69) is 31.8 Å². The van der Waals surface area contributed by atoms with E-state index >= 15 is 0 Å². The molecule has 3 aromatic heterocycles. The van der Waals surface area contributed by atoms with Crippen molar-refractivity contribution in [2.45, 2.75) is 69.5 Å². The Morgan fingerprint density at radius 2 is 1.97 bits per heavy atom. The van der Waals surface area contributed by atoms with Gasteiger partial charge in [-0.25, -0.2) is 9.78 Å². The smallest absolute Gasteiger partial charge is 0.326 e. The molecule has 3 saturated carbocycles. The second kappa shape index (κ2) is 8.51. The topological polar surface area (TPSA) is 176 Å². The van der Waals surface area contributed by atoms with E-state index in [0.29, 0.717) is 35.0 Å². The van der Waals surface area contributed by atoms with E-state index in [1.807, 2.05) is 6.07 Å². The number of hydrogen-bond donors (Lipinski definition) is 5. The van der Waals surface area contributed by atoms with Crippen LogP contribution in [0, 0.1) is 16.7 Å². The normalized spacial score (nSPS) is 24.0. The molecule has 12 nitrogen and oxygen atoms in total. The Labute approximate surface area is 205 Å². The van der Waals surface area contributed by atoms with Gasteiger partial charge in [0, 0.05) is 23.4 Å². The van der Waals surface area contributed by atoms with Crippen molar-refractivity contribution in [1.29, 1.82) is 5.26 Å². The lowest BCUT2D eigenvalue weighted by molar-refractivity contribution is -0.125. The maximum atomic E-state index is 12.4. The third kappa shape index (κ3) is 4.32. The molecule has 0 aromatic carbocycles. The lowest BCUT2D eigenvalue weighted by Gasteiger charge is -2.30. The van der Waals surface area contributed by atoms with Crippen LogP contribution in [0.5, 0.6) is 5.88 Å². The summed E-state index contributed by atoms with van der Waals surface area (Å²) >= 11 is 0. The number of amides is 1. The Balaban J connectivity index is 1.23. The third-order valence-electron chi connectivity index (χ3n) is 7.19. The van der Waals surface area contributed by atoms with Crippen LogP contribution in [0.3, 0.4) is 0 Å². The van der Waals surface area contributed by atoms with Gasteiger partial charge in [0.25, 0.3) is 0 Å². The van der Waals surface area contributed by atoms with Gasteiger partial charge in [0.05, 0.1) is 18.3 Å². The van der Waals surface area contributed by atoms with Gasteiger partial charge in [-0.05, 0) is 57.4 Å². The molecule has 186 valence electrons. The van der Waals surface area contributed by atoms with Gasteiger partial charge in [-0.2, -0.15) is 14.9 Å². The maximum absolute atomic E-state index is 12.4. The number of aromatic amines is 2. The molecule has 12 heteroatoms. The van der Waals surface area contributed by atoms with E-state index in [0.717, 1.165) is 38.5 Å². The molecule has 0 atom stereocenters. The van der Waals surface area contributed by atoms with Crippen molar-refractivity contribution in [2.24, 2.45) is 10.4 Å². The summed E-state index contributed by atoms with van der Waals surface area (Å²) in [5.41, 5.74) is 0.221. The van der Waals surface area contributed by atoms with Crippen LogP contribution >= 0.6 is 0 Å². The maximum Gasteiger partial charge on any atom is 0.326 e. The van der Waals surface area contributed by atoms with E-state index in [9.17, 15) is 20.0 Å². The van der Waals surface area contributed by atoms with E-state index in [1.54, 1.807) is 16.8 Å². The first-order valence-electron chi connectivity index (χ1n) is 12.4. The van der Waals surface area contributed by atoms with Crippen molar-refractivity contribution >= 4 is 23.4 Å². The monoisotopic (exact) mass is 489 g/mol. The molecule has 0 aliphatic heterocycles. The molecule has 0 saturated heterocycles. The minimum atomic E-state index is -0.792. The Hall–Kier alpha value is -4.14. The second-order valence-electron chi connectivity index (χ2n) is 10.0. The molecule has 3 aliphatic carbocycles. The van der Waals surface area contributed by atoms with Crippen molar-refractivity contribution in [2.75, 3.05) is 5.32 Å². The number of nitrogens with zero attached hydrogens (tertiary/aromatic N) is 5. The van der Waals surface area contributed by atoms with Crippen LogP contribution in [0.1, 0.15) is 57.1 Å². The largest absolute Gasteiger partial charge is 0.493 e. The SMILES string of the molecule is N#CC1(C(=O)NC2CCC(Nc3cc(=NC4CC4)n4nc/c(=C/c5[nH]c(=O)[nH]c5O)c4n3)CC2)CC1. The summed E-state index contributed by atoms with van der Waals surface area (Å²) in [5.74, 6) is 0.305. The van der Waals surface area contributed by atoms with Crippen LogP contribution in [0.4, 0.5) is 5.82 Å². The van der Waals surface area contributed by atoms with Crippen LogP contribution in [0.15, 0.2) is 22.1 Å². The van der Waals surface area contributed by atoms with Gasteiger partial charge >= 0.3 is 5.69 Å². The van der Waals surface area contributed by atoms with Crippen LogP contribution in [-0.2, 0) is 4.79 Å². The van der Waals surface area contributed by atoms with Crippen LogP contribution < -0.4 is 27.0 Å². The average molecular weight is 490 g/mol.